The molecular formula is C10H11FO2. The lowest BCUT2D eigenvalue weighted by Gasteiger charge is -2.01. The molecule has 0 aliphatic carbocycles. The Morgan fingerprint density at radius 2 is 2.31 bits per heavy atom. The van der Waals surface area contributed by atoms with Gasteiger partial charge in [0.05, 0.1) is 13.7 Å². The molecule has 0 saturated carbocycles. The molecule has 1 aromatic rings. The van der Waals surface area contributed by atoms with Gasteiger partial charge >= 0.3 is 0 Å². The first kappa shape index (κ1) is 9.74. The van der Waals surface area contributed by atoms with Gasteiger partial charge in [-0.1, -0.05) is 12.2 Å². The van der Waals surface area contributed by atoms with Gasteiger partial charge in [0.15, 0.2) is 0 Å². The molecule has 0 aliphatic heterocycles. The molecule has 0 saturated heterocycles. The zero-order valence-corrected chi connectivity index (χ0v) is 7.33. The van der Waals surface area contributed by atoms with Gasteiger partial charge < -0.3 is 9.84 Å². The summed E-state index contributed by atoms with van der Waals surface area (Å²) in [6.07, 6.45) is 2.98. The Bertz CT molecular complexity index is 308. The summed E-state index contributed by atoms with van der Waals surface area (Å²) in [7, 11) is 1.52. The summed E-state index contributed by atoms with van der Waals surface area (Å²) in [5.74, 6) is 0.268. The van der Waals surface area contributed by atoms with E-state index in [1.165, 1.54) is 25.3 Å². The zero-order chi connectivity index (χ0) is 9.68. The number of hydrogen-bond donors (Lipinski definition) is 1. The highest BCUT2D eigenvalue weighted by atomic mass is 19.1. The molecule has 1 rings (SSSR count). The summed E-state index contributed by atoms with van der Waals surface area (Å²) < 4.78 is 18.0. The van der Waals surface area contributed by atoms with E-state index in [0.717, 1.165) is 0 Å². The quantitative estimate of drug-likeness (QED) is 0.772. The Labute approximate surface area is 76.3 Å². The molecule has 1 aromatic carbocycles. The van der Waals surface area contributed by atoms with Gasteiger partial charge in [0.1, 0.15) is 11.6 Å². The maximum Gasteiger partial charge on any atom is 0.130 e. The molecule has 0 amide bonds. The van der Waals surface area contributed by atoms with E-state index < -0.39 is 0 Å². The molecular weight excluding hydrogens is 171 g/mol. The average Bonchev–Trinajstić information content (AvgIpc) is 2.17. The lowest BCUT2D eigenvalue weighted by molar-refractivity contribution is 0.343. The second kappa shape index (κ2) is 4.62. The standard InChI is InChI=1S/C10H11FO2/c1-13-9-4-5-10(11)8(7-9)3-2-6-12/h2-5,7,12H,6H2,1H3. The molecule has 0 fully saturated rings. The predicted octanol–water partition coefficient (Wildman–Crippen LogP) is 1.84. The smallest absolute Gasteiger partial charge is 0.130 e. The molecule has 3 heteroatoms. The van der Waals surface area contributed by atoms with Gasteiger partial charge in [0.2, 0.25) is 0 Å². The Balaban J connectivity index is 2.97. The van der Waals surface area contributed by atoms with Crippen LogP contribution in [0.4, 0.5) is 4.39 Å². The molecule has 0 spiro atoms. The third-order valence-electron chi connectivity index (χ3n) is 1.61. The van der Waals surface area contributed by atoms with E-state index in [0.29, 0.717) is 11.3 Å². The first-order valence-corrected chi connectivity index (χ1v) is 3.89. The van der Waals surface area contributed by atoms with Gasteiger partial charge in [0, 0.05) is 5.56 Å². The minimum atomic E-state index is -0.328. The third-order valence-corrected chi connectivity index (χ3v) is 1.61. The van der Waals surface area contributed by atoms with Crippen molar-refractivity contribution in [3.63, 3.8) is 0 Å². The first-order chi connectivity index (χ1) is 6.27. The Kier molecular flexibility index (Phi) is 3.46. The molecule has 0 aliphatic rings. The third kappa shape index (κ3) is 2.56. The molecule has 1 N–H and O–H groups in total. The number of rotatable bonds is 3. The second-order valence-electron chi connectivity index (χ2n) is 2.47. The van der Waals surface area contributed by atoms with Crippen molar-refractivity contribution in [1.29, 1.82) is 0 Å². The number of aliphatic hydroxyl groups is 1. The molecule has 13 heavy (non-hydrogen) atoms. The van der Waals surface area contributed by atoms with Crippen LogP contribution in [0.15, 0.2) is 24.3 Å². The lowest BCUT2D eigenvalue weighted by Crippen LogP contribution is -1.87. The molecule has 70 valence electrons. The van der Waals surface area contributed by atoms with Crippen LogP contribution in [-0.2, 0) is 0 Å². The maximum absolute atomic E-state index is 13.0. The minimum Gasteiger partial charge on any atom is -0.497 e. The van der Waals surface area contributed by atoms with Crippen LogP contribution < -0.4 is 4.74 Å². The molecule has 0 radical (unpaired) electrons. The van der Waals surface area contributed by atoms with Crippen LogP contribution in [0, 0.1) is 5.82 Å². The summed E-state index contributed by atoms with van der Waals surface area (Å²) in [6.45, 7) is -0.101. The van der Waals surface area contributed by atoms with Gasteiger partial charge in [-0.05, 0) is 18.2 Å². The number of benzene rings is 1. The molecule has 2 nitrogen and oxygen atoms in total. The maximum atomic E-state index is 13.0. The van der Waals surface area contributed by atoms with Crippen molar-refractivity contribution in [3.8, 4) is 5.75 Å². The molecule has 0 atom stereocenters. The number of halogens is 1. The Morgan fingerprint density at radius 3 is 2.92 bits per heavy atom. The van der Waals surface area contributed by atoms with Crippen molar-refractivity contribution in [2.45, 2.75) is 0 Å². The van der Waals surface area contributed by atoms with E-state index in [-0.39, 0.29) is 12.4 Å². The van der Waals surface area contributed by atoms with E-state index in [2.05, 4.69) is 0 Å². The van der Waals surface area contributed by atoms with Crippen LogP contribution in [0.2, 0.25) is 0 Å². The lowest BCUT2D eigenvalue weighted by atomic mass is 10.2. The van der Waals surface area contributed by atoms with Crippen LogP contribution in [0.5, 0.6) is 5.75 Å². The minimum absolute atomic E-state index is 0.101. The topological polar surface area (TPSA) is 29.5 Å². The van der Waals surface area contributed by atoms with E-state index >= 15 is 0 Å². The summed E-state index contributed by atoms with van der Waals surface area (Å²) in [4.78, 5) is 0. The molecule has 0 unspecified atom stereocenters. The van der Waals surface area contributed by atoms with Gasteiger partial charge in [-0.2, -0.15) is 0 Å². The molecule has 0 aromatic heterocycles. The van der Waals surface area contributed by atoms with Gasteiger partial charge in [-0.25, -0.2) is 4.39 Å². The molecule has 0 bridgehead atoms. The highest BCUT2D eigenvalue weighted by Gasteiger charge is 1.99. The van der Waals surface area contributed by atoms with Crippen molar-refractivity contribution in [2.75, 3.05) is 13.7 Å². The monoisotopic (exact) mass is 182 g/mol. The Morgan fingerprint density at radius 1 is 1.54 bits per heavy atom. The van der Waals surface area contributed by atoms with Gasteiger partial charge in [0.25, 0.3) is 0 Å². The summed E-state index contributed by atoms with van der Waals surface area (Å²) in [6, 6.07) is 4.45. The number of ether oxygens (including phenoxy) is 1. The van der Waals surface area contributed by atoms with E-state index in [1.54, 1.807) is 12.1 Å². The second-order valence-corrected chi connectivity index (χ2v) is 2.47. The van der Waals surface area contributed by atoms with Gasteiger partial charge in [-0.15, -0.1) is 0 Å². The highest BCUT2D eigenvalue weighted by molar-refractivity contribution is 5.52. The van der Waals surface area contributed by atoms with E-state index in [1.807, 2.05) is 0 Å². The number of aliphatic hydroxyl groups excluding tert-OH is 1. The Hall–Kier alpha value is -1.35. The fraction of sp³-hybridized carbons (Fsp3) is 0.200. The summed E-state index contributed by atoms with van der Waals surface area (Å²) in [5, 5.41) is 8.50. The molecule has 0 heterocycles. The van der Waals surface area contributed by atoms with E-state index in [4.69, 9.17) is 9.84 Å². The van der Waals surface area contributed by atoms with Crippen LogP contribution in [0.25, 0.3) is 6.08 Å². The zero-order valence-electron chi connectivity index (χ0n) is 7.33. The largest absolute Gasteiger partial charge is 0.497 e. The van der Waals surface area contributed by atoms with Crippen LogP contribution in [0.1, 0.15) is 5.56 Å². The van der Waals surface area contributed by atoms with E-state index in [9.17, 15) is 4.39 Å². The number of hydrogen-bond acceptors (Lipinski definition) is 2. The van der Waals surface area contributed by atoms with Crippen molar-refractivity contribution >= 4 is 6.08 Å². The van der Waals surface area contributed by atoms with Crippen molar-refractivity contribution in [2.24, 2.45) is 0 Å². The van der Waals surface area contributed by atoms with Crippen molar-refractivity contribution in [3.05, 3.63) is 35.7 Å². The average molecular weight is 182 g/mol. The first-order valence-electron chi connectivity index (χ1n) is 3.89. The fourth-order valence-electron chi connectivity index (χ4n) is 0.956. The van der Waals surface area contributed by atoms with Crippen molar-refractivity contribution < 1.29 is 14.2 Å². The SMILES string of the molecule is COc1ccc(F)c(C=CCO)c1. The van der Waals surface area contributed by atoms with Crippen LogP contribution in [-0.4, -0.2) is 18.8 Å². The predicted molar refractivity (Wildman–Crippen MR) is 49.1 cm³/mol. The van der Waals surface area contributed by atoms with Crippen molar-refractivity contribution in [1.82, 2.24) is 0 Å². The summed E-state index contributed by atoms with van der Waals surface area (Å²) in [5.41, 5.74) is 0.411. The van der Waals surface area contributed by atoms with Crippen LogP contribution in [0.3, 0.4) is 0 Å². The summed E-state index contributed by atoms with van der Waals surface area (Å²) >= 11 is 0. The van der Waals surface area contributed by atoms with Crippen LogP contribution >= 0.6 is 0 Å². The normalized spacial score (nSPS) is 10.7. The highest BCUT2D eigenvalue weighted by Crippen LogP contribution is 2.17. The fourth-order valence-corrected chi connectivity index (χ4v) is 0.956. The van der Waals surface area contributed by atoms with Gasteiger partial charge in [-0.3, -0.25) is 0 Å². The number of methoxy groups -OCH3 is 1.